The molecule has 106 valence electrons. The fraction of sp³-hybridized carbons (Fsp3) is 0.462. The van der Waals surface area contributed by atoms with E-state index in [0.717, 1.165) is 3.57 Å². The Morgan fingerprint density at radius 2 is 1.89 bits per heavy atom. The summed E-state index contributed by atoms with van der Waals surface area (Å²) in [5.74, 6) is 1.07. The molecule has 0 saturated heterocycles. The van der Waals surface area contributed by atoms with Gasteiger partial charge in [0, 0.05) is 23.2 Å². The zero-order valence-electron chi connectivity index (χ0n) is 11.6. The minimum atomic E-state index is -0.0803. The second-order valence-corrected chi connectivity index (χ2v) is 5.35. The highest BCUT2D eigenvalue weighted by Crippen LogP contribution is 2.31. The zero-order chi connectivity index (χ0) is 14.6. The molecular weight excluding hydrogens is 359 g/mol. The van der Waals surface area contributed by atoms with Crippen molar-refractivity contribution in [1.29, 1.82) is 0 Å². The molecule has 1 unspecified atom stereocenters. The number of likely N-dealkylation sites (N-methyl/N-ethyl adjacent to an activating group) is 1. The van der Waals surface area contributed by atoms with Crippen LogP contribution < -0.4 is 15.2 Å². The number of ether oxygens (including phenoxy) is 2. The number of nitrogens with two attached hydrogens (primary N) is 1. The van der Waals surface area contributed by atoms with Crippen LogP contribution in [0.15, 0.2) is 12.1 Å². The van der Waals surface area contributed by atoms with Gasteiger partial charge in [0.15, 0.2) is 11.5 Å². The molecule has 1 aromatic rings. The van der Waals surface area contributed by atoms with E-state index in [1.165, 1.54) is 0 Å². The molecule has 1 amide bonds. The minimum Gasteiger partial charge on any atom is -0.493 e. The standard InChI is InChI=1S/C13H19IN2O3/c1-8(7-15)16(2)13(17)9-5-11(18-3)12(19-4)6-10(9)14/h5-6,8H,7,15H2,1-4H3. The number of halogens is 1. The van der Waals surface area contributed by atoms with Crippen LogP contribution >= 0.6 is 22.6 Å². The Balaban J connectivity index is 3.16. The maximum Gasteiger partial charge on any atom is 0.255 e. The molecule has 5 nitrogen and oxygen atoms in total. The monoisotopic (exact) mass is 378 g/mol. The molecule has 0 aliphatic rings. The maximum absolute atomic E-state index is 12.4. The Bertz CT molecular complexity index is 465. The first-order chi connectivity index (χ1) is 8.96. The molecular formula is C13H19IN2O3. The molecule has 0 heterocycles. The third-order valence-electron chi connectivity index (χ3n) is 3.03. The van der Waals surface area contributed by atoms with Crippen LogP contribution in [0.25, 0.3) is 0 Å². The van der Waals surface area contributed by atoms with Crippen molar-refractivity contribution in [1.82, 2.24) is 4.90 Å². The lowest BCUT2D eigenvalue weighted by Gasteiger charge is -2.24. The highest BCUT2D eigenvalue weighted by Gasteiger charge is 2.21. The van der Waals surface area contributed by atoms with Gasteiger partial charge in [-0.2, -0.15) is 0 Å². The molecule has 0 spiro atoms. The van der Waals surface area contributed by atoms with Gasteiger partial charge in [-0.1, -0.05) is 0 Å². The fourth-order valence-electron chi connectivity index (χ4n) is 1.57. The van der Waals surface area contributed by atoms with Crippen molar-refractivity contribution >= 4 is 28.5 Å². The van der Waals surface area contributed by atoms with E-state index >= 15 is 0 Å². The van der Waals surface area contributed by atoms with Gasteiger partial charge in [-0.25, -0.2) is 0 Å². The Labute approximate surface area is 127 Å². The number of hydrogen-bond donors (Lipinski definition) is 1. The summed E-state index contributed by atoms with van der Waals surface area (Å²) in [6.07, 6.45) is 0. The molecule has 1 aromatic carbocycles. The van der Waals surface area contributed by atoms with Gasteiger partial charge in [0.1, 0.15) is 0 Å². The molecule has 0 aliphatic heterocycles. The van der Waals surface area contributed by atoms with Crippen molar-refractivity contribution in [2.45, 2.75) is 13.0 Å². The largest absolute Gasteiger partial charge is 0.493 e. The third kappa shape index (κ3) is 3.50. The SMILES string of the molecule is COc1cc(I)c(C(=O)N(C)C(C)CN)cc1OC. The Kier molecular flexibility index (Phi) is 5.86. The van der Waals surface area contributed by atoms with E-state index in [4.69, 9.17) is 15.2 Å². The quantitative estimate of drug-likeness (QED) is 0.793. The van der Waals surface area contributed by atoms with Gasteiger partial charge >= 0.3 is 0 Å². The molecule has 0 aromatic heterocycles. The van der Waals surface area contributed by atoms with Crippen LogP contribution in [0.3, 0.4) is 0 Å². The molecule has 1 atom stereocenters. The highest BCUT2D eigenvalue weighted by atomic mass is 127. The molecule has 0 radical (unpaired) electrons. The average Bonchev–Trinajstić information content (AvgIpc) is 2.44. The third-order valence-corrected chi connectivity index (χ3v) is 3.92. The molecule has 0 bridgehead atoms. The number of carbonyl (C=O) groups is 1. The number of methoxy groups -OCH3 is 2. The van der Waals surface area contributed by atoms with Gasteiger partial charge in [-0.3, -0.25) is 4.79 Å². The van der Waals surface area contributed by atoms with Crippen molar-refractivity contribution in [2.75, 3.05) is 27.8 Å². The number of benzene rings is 1. The van der Waals surface area contributed by atoms with Gasteiger partial charge in [-0.05, 0) is 41.6 Å². The smallest absolute Gasteiger partial charge is 0.255 e. The summed E-state index contributed by atoms with van der Waals surface area (Å²) in [5.41, 5.74) is 6.17. The number of hydrogen-bond acceptors (Lipinski definition) is 4. The summed E-state index contributed by atoms with van der Waals surface area (Å²) in [6.45, 7) is 2.33. The first-order valence-corrected chi connectivity index (χ1v) is 6.92. The number of carbonyl (C=O) groups excluding carboxylic acids is 1. The zero-order valence-corrected chi connectivity index (χ0v) is 13.7. The molecule has 2 N–H and O–H groups in total. The topological polar surface area (TPSA) is 64.8 Å². The second kappa shape index (κ2) is 6.95. The lowest BCUT2D eigenvalue weighted by Crippen LogP contribution is -2.40. The van der Waals surface area contributed by atoms with Crippen LogP contribution in [0, 0.1) is 3.57 Å². The summed E-state index contributed by atoms with van der Waals surface area (Å²) in [5, 5.41) is 0. The number of rotatable bonds is 5. The first-order valence-electron chi connectivity index (χ1n) is 5.85. The van der Waals surface area contributed by atoms with E-state index in [1.54, 1.807) is 38.3 Å². The minimum absolute atomic E-state index is 0.0172. The van der Waals surface area contributed by atoms with Crippen LogP contribution in [0.5, 0.6) is 11.5 Å². The van der Waals surface area contributed by atoms with E-state index in [1.807, 2.05) is 6.92 Å². The first kappa shape index (κ1) is 16.0. The van der Waals surface area contributed by atoms with E-state index in [-0.39, 0.29) is 11.9 Å². The Morgan fingerprint density at radius 1 is 1.37 bits per heavy atom. The Hall–Kier alpha value is -1.02. The van der Waals surface area contributed by atoms with Crippen molar-refractivity contribution < 1.29 is 14.3 Å². The summed E-state index contributed by atoms with van der Waals surface area (Å²) < 4.78 is 11.2. The number of amides is 1. The lowest BCUT2D eigenvalue weighted by atomic mass is 10.1. The predicted molar refractivity (Wildman–Crippen MR) is 82.9 cm³/mol. The van der Waals surface area contributed by atoms with Gasteiger partial charge < -0.3 is 20.1 Å². The molecule has 0 saturated carbocycles. The molecule has 1 rings (SSSR count). The molecule has 0 aliphatic carbocycles. The number of nitrogens with zero attached hydrogens (tertiary/aromatic N) is 1. The van der Waals surface area contributed by atoms with Crippen molar-refractivity contribution in [3.05, 3.63) is 21.3 Å². The Morgan fingerprint density at radius 3 is 2.37 bits per heavy atom. The summed E-state index contributed by atoms with van der Waals surface area (Å²) in [6, 6.07) is 3.47. The second-order valence-electron chi connectivity index (χ2n) is 4.19. The van der Waals surface area contributed by atoms with Gasteiger partial charge in [-0.15, -0.1) is 0 Å². The normalized spacial score (nSPS) is 11.9. The summed E-state index contributed by atoms with van der Waals surface area (Å²) in [7, 11) is 4.86. The van der Waals surface area contributed by atoms with E-state index in [0.29, 0.717) is 23.6 Å². The lowest BCUT2D eigenvalue weighted by molar-refractivity contribution is 0.0747. The van der Waals surface area contributed by atoms with Crippen molar-refractivity contribution in [3.63, 3.8) is 0 Å². The highest BCUT2D eigenvalue weighted by molar-refractivity contribution is 14.1. The van der Waals surface area contributed by atoms with Crippen molar-refractivity contribution in [3.8, 4) is 11.5 Å². The fourth-order valence-corrected chi connectivity index (χ4v) is 2.24. The van der Waals surface area contributed by atoms with E-state index < -0.39 is 0 Å². The van der Waals surface area contributed by atoms with Crippen LogP contribution in [0.2, 0.25) is 0 Å². The maximum atomic E-state index is 12.4. The summed E-state index contributed by atoms with van der Waals surface area (Å²) in [4.78, 5) is 14.0. The summed E-state index contributed by atoms with van der Waals surface area (Å²) >= 11 is 2.11. The van der Waals surface area contributed by atoms with Gasteiger partial charge in [0.25, 0.3) is 5.91 Å². The van der Waals surface area contributed by atoms with E-state index in [9.17, 15) is 4.79 Å². The van der Waals surface area contributed by atoms with Crippen LogP contribution in [0.4, 0.5) is 0 Å². The van der Waals surface area contributed by atoms with Crippen LogP contribution in [-0.2, 0) is 0 Å². The van der Waals surface area contributed by atoms with Crippen LogP contribution in [-0.4, -0.2) is 44.7 Å². The van der Waals surface area contributed by atoms with Gasteiger partial charge in [0.05, 0.1) is 19.8 Å². The molecule has 6 heteroatoms. The molecule has 0 fully saturated rings. The average molecular weight is 378 g/mol. The molecule has 19 heavy (non-hydrogen) atoms. The van der Waals surface area contributed by atoms with Gasteiger partial charge in [0.2, 0.25) is 0 Å². The van der Waals surface area contributed by atoms with E-state index in [2.05, 4.69) is 22.6 Å². The van der Waals surface area contributed by atoms with Crippen LogP contribution in [0.1, 0.15) is 17.3 Å². The van der Waals surface area contributed by atoms with Crippen molar-refractivity contribution in [2.24, 2.45) is 5.73 Å². The predicted octanol–water partition coefficient (Wildman–Crippen LogP) is 1.73.